The van der Waals surface area contributed by atoms with Gasteiger partial charge in [0.2, 0.25) is 5.91 Å². The maximum Gasteiger partial charge on any atom is 0.305 e. The van der Waals surface area contributed by atoms with Gasteiger partial charge in [0.05, 0.1) is 17.8 Å². The van der Waals surface area contributed by atoms with Crippen LogP contribution in [0.5, 0.6) is 0 Å². The molecular weight excluding hydrogens is 521 g/mol. The van der Waals surface area contributed by atoms with E-state index in [9.17, 15) is 23.9 Å². The fourth-order valence-electron chi connectivity index (χ4n) is 5.38. The van der Waals surface area contributed by atoms with E-state index in [1.807, 2.05) is 42.5 Å². The van der Waals surface area contributed by atoms with Gasteiger partial charge in [-0.25, -0.2) is 4.39 Å². The number of carbonyl (C=O) groups is 3. The Kier molecular flexibility index (Phi) is 8.97. The minimum absolute atomic E-state index is 0.00256. The molecule has 3 aromatic carbocycles. The van der Waals surface area contributed by atoms with Crippen LogP contribution in [0.2, 0.25) is 0 Å². The van der Waals surface area contributed by atoms with E-state index in [0.29, 0.717) is 12.2 Å². The second-order valence-corrected chi connectivity index (χ2v) is 11.0. The van der Waals surface area contributed by atoms with E-state index in [4.69, 9.17) is 0 Å². The van der Waals surface area contributed by atoms with Crippen LogP contribution < -0.4 is 10.2 Å². The number of benzene rings is 3. The summed E-state index contributed by atoms with van der Waals surface area (Å²) in [6, 6.07) is 19.5. The van der Waals surface area contributed by atoms with Crippen molar-refractivity contribution in [3.8, 4) is 11.1 Å². The van der Waals surface area contributed by atoms with E-state index in [2.05, 4.69) is 10.2 Å². The topological polar surface area (TPSA) is 89.9 Å². The molecule has 1 saturated heterocycles. The van der Waals surface area contributed by atoms with Crippen LogP contribution in [-0.4, -0.2) is 47.4 Å². The molecule has 0 spiro atoms. The lowest BCUT2D eigenvalue weighted by atomic mass is 10.0. The predicted octanol–water partition coefficient (Wildman–Crippen LogP) is 6.34. The summed E-state index contributed by atoms with van der Waals surface area (Å²) in [5, 5.41) is 12.2. The van der Waals surface area contributed by atoms with Crippen LogP contribution in [0, 0.1) is 11.7 Å². The zero-order valence-corrected chi connectivity index (χ0v) is 23.2. The lowest BCUT2D eigenvalue weighted by Gasteiger charge is -2.26. The number of amides is 2. The van der Waals surface area contributed by atoms with E-state index in [0.717, 1.165) is 61.2 Å². The number of hydrogen-bond acceptors (Lipinski definition) is 4. The van der Waals surface area contributed by atoms with Gasteiger partial charge in [-0.3, -0.25) is 14.4 Å². The van der Waals surface area contributed by atoms with Gasteiger partial charge in [0.15, 0.2) is 0 Å². The Morgan fingerprint density at radius 1 is 0.902 bits per heavy atom. The standard InChI is InChI=1S/C33H36FN3O4/c34-28-10-6-9-27(20-28)32(40)35-29-21-26(13-14-30(29)36-16-3-1-2-4-17-36)25-8-5-7-23(19-25)22-37(18-15-31(38)39)33(41)24-11-12-24/h5-10,13-14,19-21,24H,1-4,11-12,15-18,22H2,(H,35,40)(H,38,39). The lowest BCUT2D eigenvalue weighted by molar-refractivity contribution is -0.139. The van der Waals surface area contributed by atoms with Crippen molar-refractivity contribution in [2.45, 2.75) is 51.5 Å². The molecule has 1 aliphatic carbocycles. The molecular formula is C33H36FN3O4. The van der Waals surface area contributed by atoms with Crippen LogP contribution in [-0.2, 0) is 16.1 Å². The molecule has 2 aliphatic rings. The molecule has 0 aromatic heterocycles. The molecule has 2 N–H and O–H groups in total. The van der Waals surface area contributed by atoms with Gasteiger partial charge in [-0.15, -0.1) is 0 Å². The van der Waals surface area contributed by atoms with Crippen LogP contribution in [0.4, 0.5) is 15.8 Å². The number of anilines is 2. The molecule has 0 radical (unpaired) electrons. The number of carbonyl (C=O) groups excluding carboxylic acids is 2. The first-order valence-corrected chi connectivity index (χ1v) is 14.4. The van der Waals surface area contributed by atoms with Crippen molar-refractivity contribution < 1.29 is 23.9 Å². The molecule has 0 bridgehead atoms. The minimum Gasteiger partial charge on any atom is -0.481 e. The highest BCUT2D eigenvalue weighted by atomic mass is 19.1. The minimum atomic E-state index is -0.926. The molecule has 214 valence electrons. The van der Waals surface area contributed by atoms with Gasteiger partial charge in [0.1, 0.15) is 5.82 Å². The number of carboxylic acids is 1. The summed E-state index contributed by atoms with van der Waals surface area (Å²) in [5.41, 5.74) is 4.57. The Balaban J connectivity index is 1.43. The maximum atomic E-state index is 13.8. The Labute approximate surface area is 240 Å². The maximum absolute atomic E-state index is 13.8. The second-order valence-electron chi connectivity index (χ2n) is 11.0. The van der Waals surface area contributed by atoms with E-state index in [-0.39, 0.29) is 36.3 Å². The zero-order valence-electron chi connectivity index (χ0n) is 23.2. The summed E-state index contributed by atoms with van der Waals surface area (Å²) in [6.45, 7) is 2.32. The summed E-state index contributed by atoms with van der Waals surface area (Å²) < 4.78 is 13.8. The Morgan fingerprint density at radius 2 is 1.63 bits per heavy atom. The highest BCUT2D eigenvalue weighted by Crippen LogP contribution is 2.35. The van der Waals surface area contributed by atoms with Crippen LogP contribution in [0.25, 0.3) is 11.1 Å². The molecule has 5 rings (SSSR count). The molecule has 2 fully saturated rings. The van der Waals surface area contributed by atoms with Crippen molar-refractivity contribution in [1.29, 1.82) is 0 Å². The number of hydrogen-bond donors (Lipinski definition) is 2. The quantitative estimate of drug-likeness (QED) is 0.304. The molecule has 0 unspecified atom stereocenters. The van der Waals surface area contributed by atoms with Gasteiger partial charge in [-0.2, -0.15) is 0 Å². The van der Waals surface area contributed by atoms with Crippen LogP contribution in [0.1, 0.15) is 60.9 Å². The van der Waals surface area contributed by atoms with Gasteiger partial charge in [0, 0.05) is 37.7 Å². The molecule has 41 heavy (non-hydrogen) atoms. The Hall–Kier alpha value is -4.20. The summed E-state index contributed by atoms with van der Waals surface area (Å²) >= 11 is 0. The number of nitrogens with one attached hydrogen (secondary N) is 1. The lowest BCUT2D eigenvalue weighted by Crippen LogP contribution is -2.33. The van der Waals surface area contributed by atoms with E-state index >= 15 is 0 Å². The summed E-state index contributed by atoms with van der Waals surface area (Å²) in [4.78, 5) is 41.1. The van der Waals surface area contributed by atoms with Gasteiger partial charge in [0.25, 0.3) is 5.91 Å². The van der Waals surface area contributed by atoms with Crippen molar-refractivity contribution in [3.05, 3.63) is 83.7 Å². The average molecular weight is 558 g/mol. The number of halogens is 1. The smallest absolute Gasteiger partial charge is 0.305 e. The van der Waals surface area contributed by atoms with E-state index in [1.165, 1.54) is 31.0 Å². The molecule has 2 amide bonds. The summed E-state index contributed by atoms with van der Waals surface area (Å²) in [6.07, 6.45) is 6.15. The fourth-order valence-corrected chi connectivity index (χ4v) is 5.38. The van der Waals surface area contributed by atoms with E-state index < -0.39 is 11.8 Å². The summed E-state index contributed by atoms with van der Waals surface area (Å²) in [5.74, 6) is -1.75. The molecule has 1 heterocycles. The van der Waals surface area contributed by atoms with Crippen LogP contribution >= 0.6 is 0 Å². The molecule has 7 nitrogen and oxygen atoms in total. The molecule has 8 heteroatoms. The third-order valence-electron chi connectivity index (χ3n) is 7.75. The van der Waals surface area contributed by atoms with Crippen molar-refractivity contribution in [2.24, 2.45) is 5.92 Å². The van der Waals surface area contributed by atoms with Crippen LogP contribution in [0.3, 0.4) is 0 Å². The molecule has 1 aliphatic heterocycles. The SMILES string of the molecule is O=C(O)CCN(Cc1cccc(-c2ccc(N3CCCCCC3)c(NC(=O)c3cccc(F)c3)c2)c1)C(=O)C1CC1. The number of nitrogens with zero attached hydrogens (tertiary/aromatic N) is 2. The monoisotopic (exact) mass is 557 g/mol. The number of aliphatic carboxylic acids is 1. The zero-order chi connectivity index (χ0) is 28.8. The first-order chi connectivity index (χ1) is 19.9. The number of rotatable bonds is 10. The van der Waals surface area contributed by atoms with E-state index in [1.54, 1.807) is 11.0 Å². The molecule has 0 atom stereocenters. The fraction of sp³-hybridized carbons (Fsp3) is 0.364. The largest absolute Gasteiger partial charge is 0.481 e. The van der Waals surface area contributed by atoms with Crippen molar-refractivity contribution >= 4 is 29.2 Å². The first-order valence-electron chi connectivity index (χ1n) is 14.4. The first kappa shape index (κ1) is 28.3. The van der Waals surface area contributed by atoms with Gasteiger partial charge >= 0.3 is 5.97 Å². The van der Waals surface area contributed by atoms with Crippen molar-refractivity contribution in [3.63, 3.8) is 0 Å². The summed E-state index contributed by atoms with van der Waals surface area (Å²) in [7, 11) is 0. The normalized spacial score (nSPS) is 15.2. The Morgan fingerprint density at radius 3 is 2.34 bits per heavy atom. The highest BCUT2D eigenvalue weighted by molar-refractivity contribution is 6.06. The number of carboxylic acid groups (broad SMARTS) is 1. The van der Waals surface area contributed by atoms with Gasteiger partial charge in [-0.1, -0.05) is 43.2 Å². The highest BCUT2D eigenvalue weighted by Gasteiger charge is 2.33. The third-order valence-corrected chi connectivity index (χ3v) is 7.75. The second kappa shape index (κ2) is 13.0. The average Bonchev–Trinajstić information content (AvgIpc) is 3.83. The predicted molar refractivity (Wildman–Crippen MR) is 157 cm³/mol. The third kappa shape index (κ3) is 7.51. The van der Waals surface area contributed by atoms with Crippen molar-refractivity contribution in [2.75, 3.05) is 29.9 Å². The van der Waals surface area contributed by atoms with Crippen molar-refractivity contribution in [1.82, 2.24) is 4.90 Å². The van der Waals surface area contributed by atoms with Gasteiger partial charge in [-0.05, 0) is 78.8 Å². The van der Waals surface area contributed by atoms with Crippen LogP contribution in [0.15, 0.2) is 66.7 Å². The molecule has 3 aromatic rings. The Bertz CT molecular complexity index is 1410. The van der Waals surface area contributed by atoms with Gasteiger partial charge < -0.3 is 20.2 Å². The molecule has 1 saturated carbocycles.